The van der Waals surface area contributed by atoms with Crippen LogP contribution in [0.25, 0.3) is 16.9 Å². The number of imidazole rings is 1. The van der Waals surface area contributed by atoms with E-state index in [1.54, 1.807) is 16.8 Å². The van der Waals surface area contributed by atoms with Crippen molar-refractivity contribution < 1.29 is 8.78 Å². The molecular formula is C23H22ClF2N7. The van der Waals surface area contributed by atoms with Crippen molar-refractivity contribution in [3.63, 3.8) is 0 Å². The Hall–Kier alpha value is -3.30. The molecule has 1 fully saturated rings. The molecule has 0 unspecified atom stereocenters. The predicted octanol–water partition coefficient (Wildman–Crippen LogP) is 3.82. The van der Waals surface area contributed by atoms with Gasteiger partial charge in [0.05, 0.1) is 23.8 Å². The van der Waals surface area contributed by atoms with Gasteiger partial charge in [0.25, 0.3) is 0 Å². The molecule has 1 aromatic carbocycles. The van der Waals surface area contributed by atoms with Gasteiger partial charge < -0.3 is 16.4 Å². The molecule has 0 aliphatic carbocycles. The van der Waals surface area contributed by atoms with E-state index >= 15 is 0 Å². The fraction of sp³-hybridized carbons (Fsp3) is 0.261. The van der Waals surface area contributed by atoms with Gasteiger partial charge in [-0.25, -0.2) is 18.7 Å². The molecule has 5 rings (SSSR count). The van der Waals surface area contributed by atoms with Crippen LogP contribution in [0.15, 0.2) is 42.9 Å². The Morgan fingerprint density at radius 3 is 2.70 bits per heavy atom. The van der Waals surface area contributed by atoms with Gasteiger partial charge >= 0.3 is 0 Å². The SMILES string of the molecule is Nc1ncc(Cl)n2c(Cc3cc(-c4ccc(F)c(F)c4)ncc3N3CCC[C@@H](N)C3)cnc12. The summed E-state index contributed by atoms with van der Waals surface area (Å²) in [6.07, 6.45) is 7.38. The highest BCUT2D eigenvalue weighted by Crippen LogP contribution is 2.31. The third kappa shape index (κ3) is 4.09. The van der Waals surface area contributed by atoms with Crippen molar-refractivity contribution in [2.75, 3.05) is 23.7 Å². The molecule has 0 amide bonds. The lowest BCUT2D eigenvalue weighted by atomic mass is 10.0. The highest BCUT2D eigenvalue weighted by atomic mass is 35.5. The van der Waals surface area contributed by atoms with Crippen LogP contribution >= 0.6 is 11.6 Å². The molecule has 0 saturated carbocycles. The lowest BCUT2D eigenvalue weighted by molar-refractivity contribution is 0.505. The van der Waals surface area contributed by atoms with Gasteiger partial charge in [-0.2, -0.15) is 0 Å². The lowest BCUT2D eigenvalue weighted by Gasteiger charge is -2.34. The molecule has 33 heavy (non-hydrogen) atoms. The highest BCUT2D eigenvalue weighted by Gasteiger charge is 2.22. The number of fused-ring (bicyclic) bond motifs is 1. The summed E-state index contributed by atoms with van der Waals surface area (Å²) in [5.74, 6) is -1.53. The summed E-state index contributed by atoms with van der Waals surface area (Å²) in [6.45, 7) is 1.57. The third-order valence-corrected chi connectivity index (χ3v) is 6.21. The second-order valence-electron chi connectivity index (χ2n) is 8.23. The molecule has 1 aliphatic rings. The maximum absolute atomic E-state index is 13.9. The molecule has 0 radical (unpaired) electrons. The first kappa shape index (κ1) is 21.5. The number of piperidine rings is 1. The average molecular weight is 470 g/mol. The number of aromatic nitrogens is 4. The minimum Gasteiger partial charge on any atom is -0.381 e. The second kappa shape index (κ2) is 8.57. The topological polar surface area (TPSA) is 98.4 Å². The number of pyridine rings is 1. The van der Waals surface area contributed by atoms with Crippen LogP contribution in [-0.4, -0.2) is 38.5 Å². The summed E-state index contributed by atoms with van der Waals surface area (Å²) in [4.78, 5) is 15.2. The van der Waals surface area contributed by atoms with Gasteiger partial charge in [0.15, 0.2) is 23.1 Å². The molecule has 4 N–H and O–H groups in total. The van der Waals surface area contributed by atoms with Gasteiger partial charge in [0.2, 0.25) is 0 Å². The van der Waals surface area contributed by atoms with Crippen LogP contribution in [-0.2, 0) is 6.42 Å². The first-order valence-electron chi connectivity index (χ1n) is 10.6. The molecule has 7 nitrogen and oxygen atoms in total. The molecular weight excluding hydrogens is 448 g/mol. The maximum atomic E-state index is 13.9. The minimum atomic E-state index is -0.918. The Kier molecular flexibility index (Phi) is 5.59. The quantitative estimate of drug-likeness (QED) is 0.471. The van der Waals surface area contributed by atoms with E-state index < -0.39 is 11.6 Å². The first-order valence-corrected chi connectivity index (χ1v) is 11.0. The summed E-state index contributed by atoms with van der Waals surface area (Å²) in [5.41, 5.74) is 16.4. The number of nitrogens with zero attached hydrogens (tertiary/aromatic N) is 5. The molecule has 0 bridgehead atoms. The van der Waals surface area contributed by atoms with Gasteiger partial charge in [-0.05, 0) is 42.7 Å². The van der Waals surface area contributed by atoms with E-state index in [1.165, 1.54) is 12.3 Å². The van der Waals surface area contributed by atoms with Crippen molar-refractivity contribution >= 4 is 28.8 Å². The predicted molar refractivity (Wildman–Crippen MR) is 124 cm³/mol. The fourth-order valence-corrected chi connectivity index (χ4v) is 4.56. The van der Waals surface area contributed by atoms with E-state index in [1.807, 2.05) is 6.07 Å². The number of nitrogen functional groups attached to an aromatic ring is 1. The number of nitrogens with two attached hydrogens (primary N) is 2. The normalized spacial score (nSPS) is 16.5. The van der Waals surface area contributed by atoms with Crippen molar-refractivity contribution in [3.05, 3.63) is 70.9 Å². The van der Waals surface area contributed by atoms with Crippen LogP contribution in [0.2, 0.25) is 5.15 Å². The zero-order chi connectivity index (χ0) is 23.1. The molecule has 1 atom stereocenters. The van der Waals surface area contributed by atoms with E-state index in [-0.39, 0.29) is 11.9 Å². The van der Waals surface area contributed by atoms with Gasteiger partial charge in [0.1, 0.15) is 5.15 Å². The maximum Gasteiger partial charge on any atom is 0.181 e. The summed E-state index contributed by atoms with van der Waals surface area (Å²) < 4.78 is 29.1. The molecule has 4 heterocycles. The van der Waals surface area contributed by atoms with Crippen LogP contribution in [0.1, 0.15) is 24.1 Å². The molecule has 10 heteroatoms. The van der Waals surface area contributed by atoms with Crippen molar-refractivity contribution in [3.8, 4) is 11.3 Å². The Bertz CT molecular complexity index is 1340. The van der Waals surface area contributed by atoms with Crippen molar-refractivity contribution in [1.82, 2.24) is 19.4 Å². The van der Waals surface area contributed by atoms with Gasteiger partial charge in [0, 0.05) is 43.0 Å². The zero-order valence-corrected chi connectivity index (χ0v) is 18.4. The molecule has 4 aromatic rings. The van der Waals surface area contributed by atoms with Crippen molar-refractivity contribution in [2.24, 2.45) is 5.73 Å². The second-order valence-corrected chi connectivity index (χ2v) is 8.61. The monoisotopic (exact) mass is 469 g/mol. The Morgan fingerprint density at radius 1 is 1.06 bits per heavy atom. The zero-order valence-electron chi connectivity index (χ0n) is 17.7. The smallest absolute Gasteiger partial charge is 0.181 e. The van der Waals surface area contributed by atoms with Crippen molar-refractivity contribution in [2.45, 2.75) is 25.3 Å². The summed E-state index contributed by atoms with van der Waals surface area (Å²) in [5, 5.41) is 0.392. The first-order chi connectivity index (χ1) is 15.9. The Balaban J connectivity index is 1.61. The molecule has 0 spiro atoms. The molecule has 1 saturated heterocycles. The van der Waals surface area contributed by atoms with Crippen LogP contribution in [0.5, 0.6) is 0 Å². The average Bonchev–Trinajstić information content (AvgIpc) is 3.23. The van der Waals surface area contributed by atoms with Gasteiger partial charge in [-0.1, -0.05) is 11.6 Å². The van der Waals surface area contributed by atoms with Crippen LogP contribution in [0, 0.1) is 11.6 Å². The lowest BCUT2D eigenvalue weighted by Crippen LogP contribution is -2.43. The summed E-state index contributed by atoms with van der Waals surface area (Å²) in [7, 11) is 0. The third-order valence-electron chi connectivity index (χ3n) is 5.94. The summed E-state index contributed by atoms with van der Waals surface area (Å²) in [6, 6.07) is 5.73. The molecule has 170 valence electrons. The van der Waals surface area contributed by atoms with E-state index in [0.29, 0.717) is 35.0 Å². The number of anilines is 2. The minimum absolute atomic E-state index is 0.0774. The molecule has 1 aliphatic heterocycles. The van der Waals surface area contributed by atoms with Gasteiger partial charge in [-0.15, -0.1) is 0 Å². The largest absolute Gasteiger partial charge is 0.381 e. The summed E-state index contributed by atoms with van der Waals surface area (Å²) >= 11 is 6.40. The van der Waals surface area contributed by atoms with E-state index in [4.69, 9.17) is 23.1 Å². The van der Waals surface area contributed by atoms with Crippen LogP contribution in [0.3, 0.4) is 0 Å². The number of hydrogen-bond acceptors (Lipinski definition) is 6. The fourth-order valence-electron chi connectivity index (χ4n) is 4.32. The van der Waals surface area contributed by atoms with E-state index in [0.717, 1.165) is 48.5 Å². The van der Waals surface area contributed by atoms with Gasteiger partial charge in [-0.3, -0.25) is 9.38 Å². The Morgan fingerprint density at radius 2 is 1.91 bits per heavy atom. The number of rotatable bonds is 4. The molecule has 3 aromatic heterocycles. The van der Waals surface area contributed by atoms with E-state index in [9.17, 15) is 8.78 Å². The standard InChI is InChI=1S/C23H22ClF2N7/c24-21-11-30-22(28)23-31-9-16(33(21)23)6-14-8-19(13-3-4-17(25)18(26)7-13)29-10-20(14)32-5-1-2-15(27)12-32/h3-4,7-11,15H,1-2,5-6,12,27H2,(H2,28,30)/t15-/m1/s1. The number of benzene rings is 1. The number of halogens is 3. The van der Waals surface area contributed by atoms with E-state index in [2.05, 4.69) is 19.9 Å². The van der Waals surface area contributed by atoms with Crippen molar-refractivity contribution in [1.29, 1.82) is 0 Å². The highest BCUT2D eigenvalue weighted by molar-refractivity contribution is 6.29. The van der Waals surface area contributed by atoms with Crippen LogP contribution in [0.4, 0.5) is 20.3 Å². The Labute approximate surface area is 194 Å². The number of hydrogen-bond donors (Lipinski definition) is 2. The van der Waals surface area contributed by atoms with Crippen LogP contribution < -0.4 is 16.4 Å².